The van der Waals surface area contributed by atoms with Gasteiger partial charge < -0.3 is 15.6 Å². The van der Waals surface area contributed by atoms with Crippen LogP contribution in [0.2, 0.25) is 0 Å². The highest BCUT2D eigenvalue weighted by Gasteiger charge is 2.09. The van der Waals surface area contributed by atoms with Crippen molar-refractivity contribution in [2.75, 3.05) is 6.54 Å². The predicted octanol–water partition coefficient (Wildman–Crippen LogP) is 0.874. The molecule has 0 aliphatic heterocycles. The number of amides is 1. The van der Waals surface area contributed by atoms with Crippen LogP contribution in [0.15, 0.2) is 28.8 Å². The predicted molar refractivity (Wildman–Crippen MR) is 70.0 cm³/mol. The molecule has 0 saturated carbocycles. The number of nitrogens with two attached hydrogens (primary N) is 1. The van der Waals surface area contributed by atoms with E-state index in [0.717, 1.165) is 12.0 Å². The third-order valence-electron chi connectivity index (χ3n) is 2.71. The van der Waals surface area contributed by atoms with Gasteiger partial charge in [-0.2, -0.15) is 4.98 Å². The number of nitrogens with one attached hydrogen (secondary N) is 1. The van der Waals surface area contributed by atoms with Crippen LogP contribution in [-0.2, 0) is 17.8 Å². The minimum absolute atomic E-state index is 0.0561. The van der Waals surface area contributed by atoms with E-state index in [4.69, 9.17) is 10.3 Å². The van der Waals surface area contributed by atoms with Crippen LogP contribution in [0.1, 0.15) is 18.4 Å². The molecule has 1 aromatic carbocycles. The van der Waals surface area contributed by atoms with Gasteiger partial charge in [0, 0.05) is 5.56 Å². The minimum Gasteiger partial charge on any atom is -0.346 e. The number of carbonyl (C=O) groups excluding carboxylic acids is 1. The van der Waals surface area contributed by atoms with Gasteiger partial charge >= 0.3 is 0 Å². The molecule has 0 unspecified atom stereocenters. The van der Waals surface area contributed by atoms with Crippen LogP contribution in [0.5, 0.6) is 0 Å². The van der Waals surface area contributed by atoms with Crippen molar-refractivity contribution in [1.29, 1.82) is 0 Å². The summed E-state index contributed by atoms with van der Waals surface area (Å²) in [4.78, 5) is 15.2. The highest BCUT2D eigenvalue weighted by atomic mass is 16.5. The number of hydrogen-bond acceptors (Lipinski definition) is 5. The first-order chi connectivity index (χ1) is 9.22. The van der Waals surface area contributed by atoms with Crippen molar-refractivity contribution in [3.8, 4) is 11.4 Å². The summed E-state index contributed by atoms with van der Waals surface area (Å²) in [6.07, 6.45) is 0.989. The third kappa shape index (κ3) is 3.38. The molecule has 6 nitrogen and oxygen atoms in total. The van der Waals surface area contributed by atoms with Gasteiger partial charge in [-0.15, -0.1) is 0 Å². The quantitative estimate of drug-likeness (QED) is 0.832. The molecule has 2 rings (SSSR count). The molecule has 0 aliphatic carbocycles. The van der Waals surface area contributed by atoms with Gasteiger partial charge in [0.15, 0.2) is 0 Å². The zero-order valence-corrected chi connectivity index (χ0v) is 10.7. The molecule has 6 heteroatoms. The van der Waals surface area contributed by atoms with Gasteiger partial charge in [0.2, 0.25) is 17.6 Å². The number of nitrogens with zero attached hydrogens (tertiary/aromatic N) is 2. The van der Waals surface area contributed by atoms with Gasteiger partial charge in [-0.25, -0.2) is 0 Å². The topological polar surface area (TPSA) is 94.0 Å². The average Bonchev–Trinajstić information content (AvgIpc) is 2.93. The summed E-state index contributed by atoms with van der Waals surface area (Å²) in [5.41, 5.74) is 7.32. The van der Waals surface area contributed by atoms with E-state index < -0.39 is 0 Å². The molecule has 0 bridgehead atoms. The Labute approximate surface area is 111 Å². The molecular weight excluding hydrogens is 244 g/mol. The Balaban J connectivity index is 2.05. The Kier molecular flexibility index (Phi) is 4.25. The smallest absolute Gasteiger partial charge is 0.246 e. The van der Waals surface area contributed by atoms with E-state index >= 15 is 0 Å². The molecule has 0 saturated heterocycles. The standard InChI is InChI=1S/C13H16N4O2/c1-2-9-3-5-10(6-4-9)13-16-12(19-17-13)8-15-11(18)7-14/h3-6H,2,7-8,14H2,1H3,(H,15,18). The second kappa shape index (κ2) is 6.10. The molecule has 1 heterocycles. The van der Waals surface area contributed by atoms with E-state index in [2.05, 4.69) is 22.4 Å². The number of carbonyl (C=O) groups is 1. The fraction of sp³-hybridized carbons (Fsp3) is 0.308. The van der Waals surface area contributed by atoms with Gasteiger partial charge in [-0.05, 0) is 12.0 Å². The van der Waals surface area contributed by atoms with Crippen LogP contribution in [0.4, 0.5) is 0 Å². The molecule has 100 valence electrons. The second-order valence-electron chi connectivity index (χ2n) is 4.04. The van der Waals surface area contributed by atoms with E-state index in [9.17, 15) is 4.79 Å². The number of aromatic nitrogens is 2. The molecule has 0 aliphatic rings. The van der Waals surface area contributed by atoms with Crippen molar-refractivity contribution in [2.24, 2.45) is 5.73 Å². The molecule has 0 radical (unpaired) electrons. The zero-order chi connectivity index (χ0) is 13.7. The maximum atomic E-state index is 11.0. The van der Waals surface area contributed by atoms with Crippen molar-refractivity contribution in [2.45, 2.75) is 19.9 Å². The summed E-state index contributed by atoms with van der Waals surface area (Å²) >= 11 is 0. The number of aryl methyl sites for hydroxylation is 1. The maximum Gasteiger partial charge on any atom is 0.246 e. The van der Waals surface area contributed by atoms with Gasteiger partial charge in [0.25, 0.3) is 0 Å². The summed E-state index contributed by atoms with van der Waals surface area (Å²) in [7, 11) is 0. The minimum atomic E-state index is -0.257. The van der Waals surface area contributed by atoms with Crippen molar-refractivity contribution < 1.29 is 9.32 Å². The van der Waals surface area contributed by atoms with Crippen LogP contribution in [0.3, 0.4) is 0 Å². The zero-order valence-electron chi connectivity index (χ0n) is 10.7. The highest BCUT2D eigenvalue weighted by Crippen LogP contribution is 2.16. The normalized spacial score (nSPS) is 10.4. The summed E-state index contributed by atoms with van der Waals surface area (Å²) in [6, 6.07) is 7.96. The van der Waals surface area contributed by atoms with Gasteiger partial charge in [0.1, 0.15) is 0 Å². The summed E-state index contributed by atoms with van der Waals surface area (Å²) < 4.78 is 5.05. The molecular formula is C13H16N4O2. The molecule has 19 heavy (non-hydrogen) atoms. The SMILES string of the molecule is CCc1ccc(-c2noc(CNC(=O)CN)n2)cc1. The molecule has 0 spiro atoms. The Morgan fingerprint density at radius 2 is 2.11 bits per heavy atom. The van der Waals surface area contributed by atoms with E-state index in [1.807, 2.05) is 24.3 Å². The van der Waals surface area contributed by atoms with Gasteiger partial charge in [0.05, 0.1) is 13.1 Å². The first-order valence-corrected chi connectivity index (χ1v) is 6.11. The fourth-order valence-electron chi connectivity index (χ4n) is 1.58. The van der Waals surface area contributed by atoms with E-state index in [1.54, 1.807) is 0 Å². The largest absolute Gasteiger partial charge is 0.346 e. The first-order valence-electron chi connectivity index (χ1n) is 6.11. The van der Waals surface area contributed by atoms with Crippen LogP contribution in [-0.4, -0.2) is 22.6 Å². The average molecular weight is 260 g/mol. The second-order valence-corrected chi connectivity index (χ2v) is 4.04. The summed E-state index contributed by atoms with van der Waals surface area (Å²) in [6.45, 7) is 2.23. The lowest BCUT2D eigenvalue weighted by atomic mass is 10.1. The molecule has 3 N–H and O–H groups in total. The maximum absolute atomic E-state index is 11.0. The number of benzene rings is 1. The van der Waals surface area contributed by atoms with Crippen molar-refractivity contribution in [3.05, 3.63) is 35.7 Å². The van der Waals surface area contributed by atoms with E-state index in [0.29, 0.717) is 11.7 Å². The van der Waals surface area contributed by atoms with Crippen molar-refractivity contribution >= 4 is 5.91 Å². The van der Waals surface area contributed by atoms with Crippen LogP contribution in [0, 0.1) is 0 Å². The summed E-state index contributed by atoms with van der Waals surface area (Å²) in [5, 5.41) is 6.45. The summed E-state index contributed by atoms with van der Waals surface area (Å²) in [5.74, 6) is 0.614. The Morgan fingerprint density at radius 1 is 1.37 bits per heavy atom. The molecule has 0 fully saturated rings. The lowest BCUT2D eigenvalue weighted by molar-refractivity contribution is -0.120. The molecule has 1 amide bonds. The van der Waals surface area contributed by atoms with E-state index in [-0.39, 0.29) is 19.0 Å². The molecule has 2 aromatic rings. The van der Waals surface area contributed by atoms with Crippen molar-refractivity contribution in [1.82, 2.24) is 15.5 Å². The first kappa shape index (κ1) is 13.2. The fourth-order valence-corrected chi connectivity index (χ4v) is 1.58. The third-order valence-corrected chi connectivity index (χ3v) is 2.71. The lowest BCUT2D eigenvalue weighted by Crippen LogP contribution is -2.29. The lowest BCUT2D eigenvalue weighted by Gasteiger charge is -1.98. The molecule has 1 aromatic heterocycles. The highest BCUT2D eigenvalue weighted by molar-refractivity contribution is 5.77. The van der Waals surface area contributed by atoms with Crippen LogP contribution >= 0.6 is 0 Å². The van der Waals surface area contributed by atoms with Crippen molar-refractivity contribution in [3.63, 3.8) is 0 Å². The Morgan fingerprint density at radius 3 is 2.74 bits per heavy atom. The van der Waals surface area contributed by atoms with E-state index in [1.165, 1.54) is 5.56 Å². The number of rotatable bonds is 5. The van der Waals surface area contributed by atoms with Gasteiger partial charge in [-0.1, -0.05) is 36.3 Å². The Hall–Kier alpha value is -2.21. The number of hydrogen-bond donors (Lipinski definition) is 2. The van der Waals surface area contributed by atoms with Crippen LogP contribution in [0.25, 0.3) is 11.4 Å². The molecule has 0 atom stereocenters. The van der Waals surface area contributed by atoms with Gasteiger partial charge in [-0.3, -0.25) is 4.79 Å². The van der Waals surface area contributed by atoms with Crippen LogP contribution < -0.4 is 11.1 Å². The Bertz CT molecular complexity index is 548. The monoisotopic (exact) mass is 260 g/mol.